The molecule has 0 bridgehead atoms. The number of hydrogen-bond acceptors (Lipinski definition) is 4. The Hall–Kier alpha value is -2.05. The predicted molar refractivity (Wildman–Crippen MR) is 87.0 cm³/mol. The van der Waals surface area contributed by atoms with Crippen LogP contribution in [0.2, 0.25) is 0 Å². The van der Waals surface area contributed by atoms with Crippen molar-refractivity contribution in [3.8, 4) is 0 Å². The van der Waals surface area contributed by atoms with Crippen molar-refractivity contribution in [3.05, 3.63) is 12.3 Å². The van der Waals surface area contributed by atoms with Gasteiger partial charge in [-0.3, -0.25) is 4.79 Å². The van der Waals surface area contributed by atoms with Crippen LogP contribution in [0.3, 0.4) is 0 Å². The molecule has 2 rings (SSSR count). The molecule has 1 saturated carbocycles. The topological polar surface area (TPSA) is 87.5 Å². The average Bonchev–Trinajstić information content (AvgIpc) is 2.96. The molecule has 23 heavy (non-hydrogen) atoms. The van der Waals surface area contributed by atoms with Gasteiger partial charge < -0.3 is 20.1 Å². The number of carbonyl (C=O) groups excluding carboxylic acids is 2. The molecule has 0 spiro atoms. The summed E-state index contributed by atoms with van der Waals surface area (Å²) >= 11 is 0. The molecule has 0 radical (unpaired) electrons. The molecule has 0 saturated heterocycles. The molecule has 3 amide bonds. The van der Waals surface area contributed by atoms with Gasteiger partial charge in [0.25, 0.3) is 0 Å². The van der Waals surface area contributed by atoms with Crippen LogP contribution in [0, 0.1) is 0 Å². The summed E-state index contributed by atoms with van der Waals surface area (Å²) in [5.74, 6) is 0.0864. The molecule has 1 fully saturated rings. The maximum absolute atomic E-state index is 12.6. The molecule has 7 nitrogen and oxygen atoms in total. The lowest BCUT2D eigenvalue weighted by Gasteiger charge is -2.36. The normalized spacial score (nSPS) is 16.0. The van der Waals surface area contributed by atoms with Gasteiger partial charge in [-0.1, -0.05) is 24.4 Å². The van der Waals surface area contributed by atoms with E-state index in [4.69, 9.17) is 4.52 Å². The standard InChI is InChI=1S/C16H26N4O3/c1-16(2,3)18-15(22)20(12-7-5-4-6-8-12)11-14(21)17-13-9-10-23-19-13/h9-10,12H,4-8,11H2,1-3H3,(H,18,22)(H,17,19,21). The van der Waals surface area contributed by atoms with Crippen LogP contribution in [0.5, 0.6) is 0 Å². The van der Waals surface area contributed by atoms with Crippen molar-refractivity contribution in [2.75, 3.05) is 11.9 Å². The Kier molecular flexibility index (Phi) is 5.63. The Morgan fingerprint density at radius 1 is 1.30 bits per heavy atom. The van der Waals surface area contributed by atoms with Gasteiger partial charge in [-0.15, -0.1) is 0 Å². The van der Waals surface area contributed by atoms with E-state index in [1.54, 1.807) is 11.0 Å². The fraction of sp³-hybridized carbons (Fsp3) is 0.688. The number of anilines is 1. The summed E-state index contributed by atoms with van der Waals surface area (Å²) in [5, 5.41) is 9.25. The fourth-order valence-corrected chi connectivity index (χ4v) is 2.77. The summed E-state index contributed by atoms with van der Waals surface area (Å²) in [6.07, 6.45) is 6.64. The zero-order valence-corrected chi connectivity index (χ0v) is 14.1. The van der Waals surface area contributed by atoms with Gasteiger partial charge in [-0.2, -0.15) is 0 Å². The highest BCUT2D eigenvalue weighted by molar-refractivity contribution is 5.93. The monoisotopic (exact) mass is 322 g/mol. The third kappa shape index (κ3) is 5.58. The van der Waals surface area contributed by atoms with Crippen LogP contribution in [0.25, 0.3) is 0 Å². The summed E-state index contributed by atoms with van der Waals surface area (Å²) in [7, 11) is 0. The molecule has 0 atom stereocenters. The highest BCUT2D eigenvalue weighted by Gasteiger charge is 2.29. The van der Waals surface area contributed by atoms with E-state index in [9.17, 15) is 9.59 Å². The highest BCUT2D eigenvalue weighted by atomic mass is 16.5. The van der Waals surface area contributed by atoms with E-state index in [0.29, 0.717) is 5.82 Å². The van der Waals surface area contributed by atoms with Crippen molar-refractivity contribution < 1.29 is 14.1 Å². The van der Waals surface area contributed by atoms with Gasteiger partial charge in [0.1, 0.15) is 12.8 Å². The number of rotatable bonds is 4. The summed E-state index contributed by atoms with van der Waals surface area (Å²) in [6.45, 7) is 5.80. The molecule has 1 aliphatic rings. The van der Waals surface area contributed by atoms with Crippen LogP contribution in [0.1, 0.15) is 52.9 Å². The van der Waals surface area contributed by atoms with Crippen LogP contribution in [0.15, 0.2) is 16.9 Å². The zero-order chi connectivity index (χ0) is 16.9. The minimum absolute atomic E-state index is 0.0133. The van der Waals surface area contributed by atoms with Crippen LogP contribution in [0.4, 0.5) is 10.6 Å². The Morgan fingerprint density at radius 2 is 2.00 bits per heavy atom. The quantitative estimate of drug-likeness (QED) is 0.892. The first kappa shape index (κ1) is 17.3. The second-order valence-corrected chi connectivity index (χ2v) is 7.03. The molecular weight excluding hydrogens is 296 g/mol. The largest absolute Gasteiger partial charge is 0.363 e. The van der Waals surface area contributed by atoms with E-state index in [2.05, 4.69) is 15.8 Å². The van der Waals surface area contributed by atoms with E-state index < -0.39 is 0 Å². The molecule has 7 heteroatoms. The van der Waals surface area contributed by atoms with Gasteiger partial charge >= 0.3 is 6.03 Å². The number of carbonyl (C=O) groups is 2. The van der Waals surface area contributed by atoms with Gasteiger partial charge in [-0.25, -0.2) is 4.79 Å². The summed E-state index contributed by atoms with van der Waals surface area (Å²) in [4.78, 5) is 26.5. The maximum Gasteiger partial charge on any atom is 0.318 e. The van der Waals surface area contributed by atoms with E-state index in [-0.39, 0.29) is 30.1 Å². The Balaban J connectivity index is 2.02. The molecule has 2 N–H and O–H groups in total. The van der Waals surface area contributed by atoms with Crippen LogP contribution in [-0.4, -0.2) is 40.1 Å². The van der Waals surface area contributed by atoms with Crippen LogP contribution < -0.4 is 10.6 Å². The maximum atomic E-state index is 12.6. The number of nitrogens with one attached hydrogen (secondary N) is 2. The third-order valence-corrected chi connectivity index (χ3v) is 3.78. The number of amides is 3. The number of aromatic nitrogens is 1. The molecule has 0 unspecified atom stereocenters. The average molecular weight is 322 g/mol. The van der Waals surface area contributed by atoms with Crippen molar-refractivity contribution in [2.45, 2.75) is 64.5 Å². The molecule has 0 aliphatic heterocycles. The first-order chi connectivity index (χ1) is 10.8. The van der Waals surface area contributed by atoms with Gasteiger partial charge in [-0.05, 0) is 33.6 Å². The van der Waals surface area contributed by atoms with Crippen molar-refractivity contribution in [1.29, 1.82) is 0 Å². The third-order valence-electron chi connectivity index (χ3n) is 3.78. The lowest BCUT2D eigenvalue weighted by atomic mass is 9.94. The zero-order valence-electron chi connectivity index (χ0n) is 14.1. The van der Waals surface area contributed by atoms with E-state index >= 15 is 0 Å². The minimum Gasteiger partial charge on any atom is -0.363 e. The van der Waals surface area contributed by atoms with Gasteiger partial charge in [0, 0.05) is 17.6 Å². The van der Waals surface area contributed by atoms with Crippen LogP contribution in [-0.2, 0) is 4.79 Å². The highest BCUT2D eigenvalue weighted by Crippen LogP contribution is 2.23. The summed E-state index contributed by atoms with van der Waals surface area (Å²) < 4.78 is 4.69. The Labute approximate surface area is 136 Å². The van der Waals surface area contributed by atoms with E-state index in [1.165, 1.54) is 12.7 Å². The predicted octanol–water partition coefficient (Wildman–Crippen LogP) is 2.76. The van der Waals surface area contributed by atoms with Crippen molar-refractivity contribution in [2.24, 2.45) is 0 Å². The lowest BCUT2D eigenvalue weighted by molar-refractivity contribution is -0.117. The Morgan fingerprint density at radius 3 is 2.57 bits per heavy atom. The van der Waals surface area contributed by atoms with Crippen molar-refractivity contribution in [1.82, 2.24) is 15.4 Å². The molecule has 0 aromatic carbocycles. The van der Waals surface area contributed by atoms with E-state index in [0.717, 1.165) is 25.7 Å². The SMILES string of the molecule is CC(C)(C)NC(=O)N(CC(=O)Nc1ccon1)C1CCCCC1. The summed E-state index contributed by atoms with van der Waals surface area (Å²) in [6, 6.07) is 1.48. The molecule has 1 aliphatic carbocycles. The second-order valence-electron chi connectivity index (χ2n) is 7.03. The Bertz CT molecular complexity index is 516. The number of urea groups is 1. The number of nitrogens with zero attached hydrogens (tertiary/aromatic N) is 2. The number of hydrogen-bond donors (Lipinski definition) is 2. The summed E-state index contributed by atoms with van der Waals surface area (Å²) in [5.41, 5.74) is -0.341. The van der Waals surface area contributed by atoms with Crippen molar-refractivity contribution in [3.63, 3.8) is 0 Å². The molecule has 128 valence electrons. The molecule has 1 heterocycles. The fourth-order valence-electron chi connectivity index (χ4n) is 2.77. The molecule has 1 aromatic rings. The lowest BCUT2D eigenvalue weighted by Crippen LogP contribution is -2.54. The smallest absolute Gasteiger partial charge is 0.318 e. The molecular formula is C16H26N4O3. The van der Waals surface area contributed by atoms with Gasteiger partial charge in [0.2, 0.25) is 5.91 Å². The van der Waals surface area contributed by atoms with E-state index in [1.807, 2.05) is 20.8 Å². The second kappa shape index (κ2) is 7.48. The van der Waals surface area contributed by atoms with Crippen LogP contribution >= 0.6 is 0 Å². The molecule has 1 aromatic heterocycles. The van der Waals surface area contributed by atoms with Gasteiger partial charge in [0.05, 0.1) is 0 Å². The first-order valence-electron chi connectivity index (χ1n) is 8.14. The van der Waals surface area contributed by atoms with Gasteiger partial charge in [0.15, 0.2) is 5.82 Å². The minimum atomic E-state index is -0.341. The first-order valence-corrected chi connectivity index (χ1v) is 8.14. The van der Waals surface area contributed by atoms with Crippen molar-refractivity contribution >= 4 is 17.8 Å².